The number of anilines is 8. The molecule has 3 nitrogen and oxygen atoms in total. The van der Waals surface area contributed by atoms with Crippen molar-refractivity contribution in [2.75, 3.05) is 14.7 Å². The molecule has 0 radical (unpaired) electrons. The molecule has 0 bridgehead atoms. The van der Waals surface area contributed by atoms with Gasteiger partial charge in [-0.2, -0.15) is 0 Å². The van der Waals surface area contributed by atoms with E-state index in [1.165, 1.54) is 131 Å². The van der Waals surface area contributed by atoms with E-state index in [1.54, 1.807) is 0 Å². The Kier molecular flexibility index (Phi) is 10.9. The predicted molar refractivity (Wildman–Crippen MR) is 313 cm³/mol. The highest BCUT2D eigenvalue weighted by molar-refractivity contribution is 7.00. The minimum atomic E-state index is -0.117. The van der Waals surface area contributed by atoms with Crippen LogP contribution in [-0.4, -0.2) is 12.3 Å². The number of hydrogen-bond acceptors (Lipinski definition) is 3. The highest BCUT2D eigenvalue weighted by atomic mass is 15.3. The number of benzene rings is 7. The summed E-state index contributed by atoms with van der Waals surface area (Å²) in [6.07, 6.45) is 4.80. The highest BCUT2D eigenvalue weighted by Crippen LogP contribution is 2.62. The summed E-state index contributed by atoms with van der Waals surface area (Å²) in [6, 6.07) is 53.2. The molecule has 0 amide bonds. The lowest BCUT2D eigenvalue weighted by Crippen LogP contribution is -2.61. The molecule has 4 heteroatoms. The van der Waals surface area contributed by atoms with Crippen molar-refractivity contribution in [2.45, 2.75) is 169 Å². The first-order valence-corrected chi connectivity index (χ1v) is 27.1. The maximum absolute atomic E-state index is 2.79. The van der Waals surface area contributed by atoms with Crippen molar-refractivity contribution < 1.29 is 0 Å². The molecule has 4 aliphatic rings. The molecule has 72 heavy (non-hydrogen) atoms. The van der Waals surface area contributed by atoms with Crippen molar-refractivity contribution in [3.05, 3.63) is 172 Å². The van der Waals surface area contributed by atoms with Crippen LogP contribution in [-0.2, 0) is 27.1 Å². The summed E-state index contributed by atoms with van der Waals surface area (Å²) in [5.41, 5.74) is 26.2. The number of nitrogens with zero attached hydrogens (tertiary/aromatic N) is 3. The maximum atomic E-state index is 2.79. The number of hydrogen-bond donors (Lipinski definition) is 0. The smallest absolute Gasteiger partial charge is 0.252 e. The van der Waals surface area contributed by atoms with E-state index in [0.717, 1.165) is 6.42 Å². The van der Waals surface area contributed by atoms with Gasteiger partial charge in [-0.3, -0.25) is 0 Å². The molecule has 0 saturated heterocycles. The molecule has 0 spiro atoms. The third kappa shape index (κ3) is 7.42. The van der Waals surface area contributed by atoms with E-state index in [9.17, 15) is 0 Å². The molecule has 7 aromatic rings. The molecule has 2 unspecified atom stereocenters. The van der Waals surface area contributed by atoms with Crippen LogP contribution in [0.4, 0.5) is 45.5 Å². The molecular formula is C68H78BN3. The topological polar surface area (TPSA) is 9.72 Å². The van der Waals surface area contributed by atoms with Gasteiger partial charge in [0, 0.05) is 50.9 Å². The molecule has 1 aliphatic carbocycles. The summed E-state index contributed by atoms with van der Waals surface area (Å²) < 4.78 is 0. The molecule has 0 aromatic heterocycles. The molecule has 3 aliphatic heterocycles. The van der Waals surface area contributed by atoms with Gasteiger partial charge < -0.3 is 14.7 Å². The first-order valence-electron chi connectivity index (χ1n) is 27.1. The average Bonchev–Trinajstić information content (AvgIpc) is 3.52. The molecule has 1 saturated carbocycles. The fourth-order valence-electron chi connectivity index (χ4n) is 13.2. The monoisotopic (exact) mass is 948 g/mol. The van der Waals surface area contributed by atoms with Gasteiger partial charge in [-0.1, -0.05) is 176 Å². The van der Waals surface area contributed by atoms with Crippen molar-refractivity contribution in [1.29, 1.82) is 0 Å². The van der Waals surface area contributed by atoms with Gasteiger partial charge in [-0.05, 0) is 182 Å². The van der Waals surface area contributed by atoms with E-state index in [-0.39, 0.29) is 39.3 Å². The van der Waals surface area contributed by atoms with Gasteiger partial charge >= 0.3 is 0 Å². The van der Waals surface area contributed by atoms with Crippen LogP contribution in [0.25, 0.3) is 11.1 Å². The number of aryl methyl sites for hydroxylation is 2. The second-order valence-corrected chi connectivity index (χ2v) is 26.8. The third-order valence-corrected chi connectivity index (χ3v) is 17.9. The molecule has 7 aromatic carbocycles. The minimum absolute atomic E-state index is 0.0129. The van der Waals surface area contributed by atoms with Gasteiger partial charge in [0.1, 0.15) is 0 Å². The quantitative estimate of drug-likeness (QED) is 0.163. The Balaban J connectivity index is 1.20. The van der Waals surface area contributed by atoms with Gasteiger partial charge in [0.25, 0.3) is 6.71 Å². The Labute approximate surface area is 433 Å². The first kappa shape index (κ1) is 48.3. The normalized spacial score (nSPS) is 19.4. The SMILES string of the molecule is Cc1ccccc1-c1ccc2c(c1)C1(C)CCCCC1(C)N2c1ccc2c(c1)N(c1ccc(C(C)(C)C)cc1)c1cc(C(C)(C)C)cc3c1B2c1cc(C(C)(C)C)ccc1N3c1ccc(C(C)(C)C)cc1C. The summed E-state index contributed by atoms with van der Waals surface area (Å²) in [7, 11) is 0. The summed E-state index contributed by atoms with van der Waals surface area (Å²) in [5, 5.41) is 0. The Morgan fingerprint density at radius 3 is 1.64 bits per heavy atom. The minimum Gasteiger partial charge on any atom is -0.334 e. The van der Waals surface area contributed by atoms with Gasteiger partial charge in [0.05, 0.1) is 5.54 Å². The molecule has 368 valence electrons. The second kappa shape index (κ2) is 16.3. The summed E-state index contributed by atoms with van der Waals surface area (Å²) >= 11 is 0. The molecule has 11 rings (SSSR count). The number of fused-ring (bicyclic) bond motifs is 7. The molecule has 0 N–H and O–H groups in total. The zero-order valence-corrected chi connectivity index (χ0v) is 46.4. The fraction of sp³-hybridized carbons (Fsp3) is 0.382. The van der Waals surface area contributed by atoms with Crippen LogP contribution < -0.4 is 31.1 Å². The van der Waals surface area contributed by atoms with Gasteiger partial charge in [-0.25, -0.2) is 0 Å². The fourth-order valence-corrected chi connectivity index (χ4v) is 13.2. The van der Waals surface area contributed by atoms with Crippen molar-refractivity contribution in [2.24, 2.45) is 0 Å². The summed E-state index contributed by atoms with van der Waals surface area (Å²) in [4.78, 5) is 8.07. The maximum Gasteiger partial charge on any atom is 0.252 e. The van der Waals surface area contributed by atoms with Gasteiger partial charge in [0.15, 0.2) is 0 Å². The zero-order chi connectivity index (χ0) is 51.2. The summed E-state index contributed by atoms with van der Waals surface area (Å²) in [6.45, 7) is 37.9. The molecule has 3 heterocycles. The predicted octanol–water partition coefficient (Wildman–Crippen LogP) is 17.0. The van der Waals surface area contributed by atoms with Crippen molar-refractivity contribution in [3.8, 4) is 11.1 Å². The van der Waals surface area contributed by atoms with Crippen LogP contribution in [0.3, 0.4) is 0 Å². The largest absolute Gasteiger partial charge is 0.334 e. The van der Waals surface area contributed by atoms with Crippen molar-refractivity contribution in [3.63, 3.8) is 0 Å². The van der Waals surface area contributed by atoms with Gasteiger partial charge in [0.2, 0.25) is 0 Å². The third-order valence-electron chi connectivity index (χ3n) is 17.9. The molecule has 1 fully saturated rings. The number of rotatable bonds is 4. The molecule has 2 atom stereocenters. The van der Waals surface area contributed by atoms with E-state index in [1.807, 2.05) is 0 Å². The van der Waals surface area contributed by atoms with E-state index < -0.39 is 0 Å². The van der Waals surface area contributed by atoms with Crippen LogP contribution in [0.15, 0.2) is 133 Å². The van der Waals surface area contributed by atoms with E-state index in [0.29, 0.717) is 0 Å². The Bertz CT molecular complexity index is 3310. The van der Waals surface area contributed by atoms with Crippen molar-refractivity contribution in [1.82, 2.24) is 0 Å². The standard InChI is InChI=1S/C68H78BN3/c1-43-21-17-18-22-52(43)45-23-32-57-53(38-45)67(15)35-19-20-36-68(67,16)72(57)51-30-31-54-59(42-51)70(50-28-24-46(25-29-50)63(3,4)5)60-40-49(66(12,13)14)41-61-62(60)69(54)55-39-48(65(9,10)11)27-34-58(55)71(61)56-33-26-47(37-44(56)2)64(6,7)8/h17-18,21-34,37-42H,19-20,35-36H2,1-16H3. The Hall–Kier alpha value is -6.00. The van der Waals surface area contributed by atoms with Crippen LogP contribution in [0.1, 0.15) is 162 Å². The second-order valence-electron chi connectivity index (χ2n) is 26.8. The van der Waals surface area contributed by atoms with Crippen LogP contribution in [0, 0.1) is 13.8 Å². The Morgan fingerprint density at radius 1 is 0.431 bits per heavy atom. The lowest BCUT2D eigenvalue weighted by Gasteiger charge is -2.51. The van der Waals surface area contributed by atoms with E-state index in [4.69, 9.17) is 0 Å². The van der Waals surface area contributed by atoms with Crippen molar-refractivity contribution >= 4 is 68.6 Å². The van der Waals surface area contributed by atoms with E-state index in [2.05, 4.69) is 259 Å². The molecular weight excluding hydrogens is 870 g/mol. The van der Waals surface area contributed by atoms with Gasteiger partial charge in [-0.15, -0.1) is 0 Å². The average molecular weight is 948 g/mol. The van der Waals surface area contributed by atoms with Crippen LogP contribution in [0.2, 0.25) is 0 Å². The lowest BCUT2D eigenvalue weighted by molar-refractivity contribution is 0.195. The summed E-state index contributed by atoms with van der Waals surface area (Å²) in [5.74, 6) is 0. The van der Waals surface area contributed by atoms with Crippen LogP contribution >= 0.6 is 0 Å². The Morgan fingerprint density at radius 2 is 1.00 bits per heavy atom. The van der Waals surface area contributed by atoms with E-state index >= 15 is 0 Å². The zero-order valence-electron chi connectivity index (χ0n) is 46.4. The highest BCUT2D eigenvalue weighted by Gasteiger charge is 2.58. The lowest BCUT2D eigenvalue weighted by atomic mass is 9.33. The first-order chi connectivity index (χ1) is 33.8. The van der Waals surface area contributed by atoms with Crippen LogP contribution in [0.5, 0.6) is 0 Å².